The standard InChI is InChI=1S/C15H21NO2/c1-4-5-10-16(3)14-8-6-13(11-12(14)2)7-9-15(17)18/h6-9,11H,4-5,10H2,1-3H3,(H,17,18)/b9-7+. The van der Waals surface area contributed by atoms with Crippen LogP contribution in [-0.4, -0.2) is 24.7 Å². The first-order valence-electron chi connectivity index (χ1n) is 6.27. The first kappa shape index (κ1) is 14.3. The molecule has 0 aliphatic rings. The number of aryl methyl sites for hydroxylation is 1. The number of carboxylic acids is 1. The predicted octanol–water partition coefficient (Wildman–Crippen LogP) is 3.33. The van der Waals surface area contributed by atoms with Crippen LogP contribution >= 0.6 is 0 Å². The number of anilines is 1. The van der Waals surface area contributed by atoms with Gasteiger partial charge < -0.3 is 10.0 Å². The number of aliphatic carboxylic acids is 1. The Labute approximate surface area is 109 Å². The molecule has 0 bridgehead atoms. The highest BCUT2D eigenvalue weighted by Gasteiger charge is 2.04. The Balaban J connectivity index is 2.82. The van der Waals surface area contributed by atoms with Gasteiger partial charge in [-0.05, 0) is 42.7 Å². The van der Waals surface area contributed by atoms with Gasteiger partial charge in [0.15, 0.2) is 0 Å². The predicted molar refractivity (Wildman–Crippen MR) is 76.0 cm³/mol. The second-order valence-corrected chi connectivity index (χ2v) is 4.49. The number of carboxylic acid groups (broad SMARTS) is 1. The second-order valence-electron chi connectivity index (χ2n) is 4.49. The second kappa shape index (κ2) is 6.84. The van der Waals surface area contributed by atoms with Gasteiger partial charge in [-0.15, -0.1) is 0 Å². The summed E-state index contributed by atoms with van der Waals surface area (Å²) in [6, 6.07) is 6.01. The van der Waals surface area contributed by atoms with Crippen LogP contribution in [0.1, 0.15) is 30.9 Å². The van der Waals surface area contributed by atoms with Crippen molar-refractivity contribution < 1.29 is 9.90 Å². The molecule has 0 amide bonds. The minimum absolute atomic E-state index is 0.919. The summed E-state index contributed by atoms with van der Waals surface area (Å²) in [4.78, 5) is 12.7. The SMILES string of the molecule is CCCCN(C)c1ccc(/C=C/C(=O)O)cc1C. The number of hydrogen-bond donors (Lipinski definition) is 1. The smallest absolute Gasteiger partial charge is 0.328 e. The molecule has 98 valence electrons. The van der Waals surface area contributed by atoms with E-state index in [0.29, 0.717) is 0 Å². The van der Waals surface area contributed by atoms with Crippen molar-refractivity contribution in [2.75, 3.05) is 18.5 Å². The Morgan fingerprint density at radius 2 is 2.17 bits per heavy atom. The number of unbranched alkanes of at least 4 members (excludes halogenated alkanes) is 1. The third-order valence-corrected chi connectivity index (χ3v) is 2.90. The molecule has 0 saturated heterocycles. The fraction of sp³-hybridized carbons (Fsp3) is 0.400. The average molecular weight is 247 g/mol. The summed E-state index contributed by atoms with van der Waals surface area (Å²) < 4.78 is 0. The molecule has 18 heavy (non-hydrogen) atoms. The van der Waals surface area contributed by atoms with Gasteiger partial charge in [-0.1, -0.05) is 19.4 Å². The van der Waals surface area contributed by atoms with Gasteiger partial charge in [0.05, 0.1) is 0 Å². The molecule has 0 fully saturated rings. The number of benzene rings is 1. The van der Waals surface area contributed by atoms with E-state index >= 15 is 0 Å². The number of nitrogens with zero attached hydrogens (tertiary/aromatic N) is 1. The Bertz CT molecular complexity index is 438. The highest BCUT2D eigenvalue weighted by molar-refractivity contribution is 5.85. The van der Waals surface area contributed by atoms with Crippen LogP contribution in [0.5, 0.6) is 0 Å². The first-order valence-corrected chi connectivity index (χ1v) is 6.27. The van der Waals surface area contributed by atoms with Crippen molar-refractivity contribution in [3.63, 3.8) is 0 Å². The summed E-state index contributed by atoms with van der Waals surface area (Å²) in [5, 5.41) is 8.59. The van der Waals surface area contributed by atoms with Crippen molar-refractivity contribution in [2.24, 2.45) is 0 Å². The molecule has 0 aromatic heterocycles. The Morgan fingerprint density at radius 1 is 1.44 bits per heavy atom. The van der Waals surface area contributed by atoms with Crippen molar-refractivity contribution >= 4 is 17.7 Å². The van der Waals surface area contributed by atoms with Crippen LogP contribution in [0, 0.1) is 6.92 Å². The number of rotatable bonds is 6. The van der Waals surface area contributed by atoms with Crippen LogP contribution in [0.2, 0.25) is 0 Å². The molecule has 0 atom stereocenters. The highest BCUT2D eigenvalue weighted by atomic mass is 16.4. The van der Waals surface area contributed by atoms with Gasteiger partial charge in [-0.3, -0.25) is 0 Å². The van der Waals surface area contributed by atoms with Crippen LogP contribution in [0.3, 0.4) is 0 Å². The van der Waals surface area contributed by atoms with E-state index in [9.17, 15) is 4.79 Å². The third kappa shape index (κ3) is 4.24. The molecule has 1 aromatic rings. The van der Waals surface area contributed by atoms with E-state index in [4.69, 9.17) is 5.11 Å². The van der Waals surface area contributed by atoms with Crippen LogP contribution in [-0.2, 0) is 4.79 Å². The number of carbonyl (C=O) groups is 1. The molecule has 3 nitrogen and oxygen atoms in total. The number of hydrogen-bond acceptors (Lipinski definition) is 2. The Morgan fingerprint density at radius 3 is 2.72 bits per heavy atom. The lowest BCUT2D eigenvalue weighted by atomic mass is 10.1. The fourth-order valence-corrected chi connectivity index (χ4v) is 1.89. The fourth-order valence-electron chi connectivity index (χ4n) is 1.89. The summed E-state index contributed by atoms with van der Waals surface area (Å²) >= 11 is 0. The molecule has 0 unspecified atom stereocenters. The zero-order valence-corrected chi connectivity index (χ0v) is 11.3. The minimum atomic E-state index is -0.920. The molecule has 3 heteroatoms. The average Bonchev–Trinajstić information content (AvgIpc) is 2.33. The lowest BCUT2D eigenvalue weighted by Crippen LogP contribution is -2.19. The highest BCUT2D eigenvalue weighted by Crippen LogP contribution is 2.21. The summed E-state index contributed by atoms with van der Waals surface area (Å²) in [5.74, 6) is -0.920. The quantitative estimate of drug-likeness (QED) is 0.784. The first-order chi connectivity index (χ1) is 8.54. The summed E-state index contributed by atoms with van der Waals surface area (Å²) in [5.41, 5.74) is 3.29. The third-order valence-electron chi connectivity index (χ3n) is 2.90. The van der Waals surface area contributed by atoms with E-state index < -0.39 is 5.97 Å². The van der Waals surface area contributed by atoms with Gasteiger partial charge >= 0.3 is 5.97 Å². The lowest BCUT2D eigenvalue weighted by Gasteiger charge is -2.21. The van der Waals surface area contributed by atoms with E-state index in [-0.39, 0.29) is 0 Å². The van der Waals surface area contributed by atoms with Gasteiger partial charge in [0.25, 0.3) is 0 Å². The molecule has 1 rings (SSSR count). The van der Waals surface area contributed by atoms with E-state index in [2.05, 4.69) is 25.8 Å². The van der Waals surface area contributed by atoms with Gasteiger partial charge in [-0.2, -0.15) is 0 Å². The molecule has 1 N–H and O–H groups in total. The Hall–Kier alpha value is -1.77. The van der Waals surface area contributed by atoms with Crippen LogP contribution in [0.15, 0.2) is 24.3 Å². The largest absolute Gasteiger partial charge is 0.478 e. The van der Waals surface area contributed by atoms with Crippen molar-refractivity contribution in [2.45, 2.75) is 26.7 Å². The van der Waals surface area contributed by atoms with Crippen LogP contribution in [0.4, 0.5) is 5.69 Å². The zero-order chi connectivity index (χ0) is 13.5. The van der Waals surface area contributed by atoms with Gasteiger partial charge in [0.1, 0.15) is 0 Å². The van der Waals surface area contributed by atoms with E-state index in [1.165, 1.54) is 24.1 Å². The molecular weight excluding hydrogens is 226 g/mol. The van der Waals surface area contributed by atoms with Crippen molar-refractivity contribution in [1.29, 1.82) is 0 Å². The molecule has 0 heterocycles. The molecule has 0 aliphatic heterocycles. The maximum atomic E-state index is 10.5. The maximum absolute atomic E-state index is 10.5. The summed E-state index contributed by atoms with van der Waals surface area (Å²) in [6.45, 7) is 5.28. The van der Waals surface area contributed by atoms with Crippen LogP contribution in [0.25, 0.3) is 6.08 Å². The van der Waals surface area contributed by atoms with Gasteiger partial charge in [-0.25, -0.2) is 4.79 Å². The summed E-state index contributed by atoms with van der Waals surface area (Å²) in [7, 11) is 2.09. The molecule has 0 saturated carbocycles. The van der Waals surface area contributed by atoms with E-state index in [1.54, 1.807) is 6.08 Å². The molecule has 0 spiro atoms. The van der Waals surface area contributed by atoms with Crippen molar-refractivity contribution in [3.8, 4) is 0 Å². The maximum Gasteiger partial charge on any atom is 0.328 e. The van der Waals surface area contributed by atoms with E-state index in [0.717, 1.165) is 18.2 Å². The van der Waals surface area contributed by atoms with Gasteiger partial charge in [0.2, 0.25) is 0 Å². The molecule has 0 aliphatic carbocycles. The topological polar surface area (TPSA) is 40.5 Å². The Kier molecular flexibility index (Phi) is 5.43. The normalized spacial score (nSPS) is 10.8. The lowest BCUT2D eigenvalue weighted by molar-refractivity contribution is -0.131. The molecule has 1 aromatic carbocycles. The minimum Gasteiger partial charge on any atom is -0.478 e. The molecular formula is C15H21NO2. The van der Waals surface area contributed by atoms with E-state index in [1.807, 2.05) is 18.2 Å². The van der Waals surface area contributed by atoms with Crippen molar-refractivity contribution in [1.82, 2.24) is 0 Å². The van der Waals surface area contributed by atoms with Crippen molar-refractivity contribution in [3.05, 3.63) is 35.4 Å². The molecule has 0 radical (unpaired) electrons. The van der Waals surface area contributed by atoms with Crippen LogP contribution < -0.4 is 4.90 Å². The van der Waals surface area contributed by atoms with Gasteiger partial charge in [0, 0.05) is 25.4 Å². The summed E-state index contributed by atoms with van der Waals surface area (Å²) in [6.07, 6.45) is 5.14. The monoisotopic (exact) mass is 247 g/mol. The zero-order valence-electron chi connectivity index (χ0n) is 11.3.